The zero-order valence-corrected chi connectivity index (χ0v) is 17.1. The maximum atomic E-state index is 2.99. The molecule has 0 nitrogen and oxygen atoms in total. The van der Waals surface area contributed by atoms with Gasteiger partial charge in [-0.3, -0.25) is 12.2 Å². The van der Waals surface area contributed by atoms with E-state index in [1.165, 1.54) is 0 Å². The van der Waals surface area contributed by atoms with Gasteiger partial charge in [-0.25, -0.2) is 24.3 Å². The van der Waals surface area contributed by atoms with Gasteiger partial charge in [0.1, 0.15) is 0 Å². The summed E-state index contributed by atoms with van der Waals surface area (Å²) in [5, 5.41) is 0. The molecule has 0 atom stereocenters. The summed E-state index contributed by atoms with van der Waals surface area (Å²) in [5.41, 5.74) is 0.199. The molecule has 19 heavy (non-hydrogen) atoms. The van der Waals surface area contributed by atoms with Gasteiger partial charge < -0.3 is 24.8 Å². The molecule has 2 aliphatic rings. The number of allylic oxidation sites excluding steroid dienone is 8. The van der Waals surface area contributed by atoms with E-state index in [1.54, 1.807) is 3.21 Å². The van der Waals surface area contributed by atoms with Crippen molar-refractivity contribution in [2.75, 3.05) is 0 Å². The van der Waals surface area contributed by atoms with Crippen molar-refractivity contribution in [1.82, 2.24) is 0 Å². The molecule has 0 aliphatic heterocycles. The Hall–Kier alpha value is 0.510. The number of rotatable bonds is 0. The average molecular weight is 393 g/mol. The largest absolute Gasteiger partial charge is 1.00 e. The van der Waals surface area contributed by atoms with Crippen LogP contribution in [0.1, 0.15) is 26.7 Å². The zero-order valence-electron chi connectivity index (χ0n) is 12.1. The average Bonchev–Trinajstić information content (AvgIpc) is 2.96. The Bertz CT molecular complexity index is 325. The van der Waals surface area contributed by atoms with Crippen LogP contribution in [0.2, 0.25) is 13.1 Å². The summed E-state index contributed by atoms with van der Waals surface area (Å²) in [4.78, 5) is 0. The molecular formula is C15H22Cl2SiZr-4. The molecule has 4 heteroatoms. The van der Waals surface area contributed by atoms with E-state index in [9.17, 15) is 0 Å². The normalized spacial score (nSPS) is 12.0. The Balaban J connectivity index is -0.000000194. The third-order valence-electron chi connectivity index (χ3n) is 1.67. The quantitative estimate of drug-likeness (QED) is 0.336. The minimum Gasteiger partial charge on any atom is -1.00 e. The van der Waals surface area contributed by atoms with Crippen molar-refractivity contribution in [3.05, 3.63) is 48.6 Å². The topological polar surface area (TPSA) is 0 Å². The van der Waals surface area contributed by atoms with Gasteiger partial charge in [-0.15, -0.1) is 12.8 Å². The zero-order chi connectivity index (χ0) is 12.9. The van der Waals surface area contributed by atoms with Crippen LogP contribution < -0.4 is 24.8 Å². The van der Waals surface area contributed by atoms with Crippen molar-refractivity contribution in [3.8, 4) is 0 Å². The fraction of sp³-hybridized carbons (Fsp3) is 0.400. The fourth-order valence-electron chi connectivity index (χ4n) is 1.18. The summed E-state index contributed by atoms with van der Waals surface area (Å²) in [6.07, 6.45) is 20.0. The summed E-state index contributed by atoms with van der Waals surface area (Å²) in [5.74, 6) is 0. The third-order valence-corrected chi connectivity index (χ3v) is 10.0. The van der Waals surface area contributed by atoms with Gasteiger partial charge in [0.05, 0.1) is 0 Å². The van der Waals surface area contributed by atoms with Gasteiger partial charge in [-0.1, -0.05) is 0 Å². The molecule has 2 aliphatic carbocycles. The van der Waals surface area contributed by atoms with Crippen LogP contribution in [0.15, 0.2) is 36.5 Å². The molecule has 0 radical (unpaired) electrons. The van der Waals surface area contributed by atoms with Crippen LogP contribution >= 0.6 is 0 Å². The maximum absolute atomic E-state index is 2.99. The van der Waals surface area contributed by atoms with Crippen molar-refractivity contribution in [3.63, 3.8) is 0 Å². The van der Waals surface area contributed by atoms with Crippen LogP contribution in [0, 0.1) is 12.2 Å². The first-order chi connectivity index (χ1) is 8.13. The van der Waals surface area contributed by atoms with Gasteiger partial charge >= 0.3 is 56.9 Å². The molecule has 2 rings (SSSR count). The molecule has 0 unspecified atom stereocenters. The van der Waals surface area contributed by atoms with Crippen molar-refractivity contribution in [1.29, 1.82) is 0 Å². The molecule has 0 aromatic heterocycles. The molecular weight excluding hydrogens is 370 g/mol. The molecule has 0 spiro atoms. The van der Waals surface area contributed by atoms with Gasteiger partial charge in [-0.2, -0.15) is 12.2 Å². The Morgan fingerprint density at radius 2 is 1.37 bits per heavy atom. The van der Waals surface area contributed by atoms with Crippen molar-refractivity contribution < 1.29 is 46.2 Å². The van der Waals surface area contributed by atoms with E-state index >= 15 is 0 Å². The number of hydrogen-bond donors (Lipinski definition) is 0. The smallest absolute Gasteiger partial charge is 0.109 e. The second-order valence-electron chi connectivity index (χ2n) is 4.13. The van der Waals surface area contributed by atoms with E-state index in [4.69, 9.17) is 0 Å². The second kappa shape index (κ2) is 18.5. The van der Waals surface area contributed by atoms with Crippen LogP contribution in [0.5, 0.6) is 0 Å². The van der Waals surface area contributed by atoms with E-state index < -0.39 is 0 Å². The Kier molecular flexibility index (Phi) is 23.9. The molecule has 0 saturated carbocycles. The van der Waals surface area contributed by atoms with Crippen LogP contribution in [0.25, 0.3) is 0 Å². The van der Waals surface area contributed by atoms with E-state index in [0.717, 1.165) is 12.8 Å². The summed E-state index contributed by atoms with van der Waals surface area (Å²) in [6.45, 7) is 9.40. The van der Waals surface area contributed by atoms with Gasteiger partial charge in [0, 0.05) is 0 Å². The third kappa shape index (κ3) is 24.0. The first-order valence-corrected chi connectivity index (χ1v) is 13.4. The van der Waals surface area contributed by atoms with E-state index in [0.29, 0.717) is 0 Å². The van der Waals surface area contributed by atoms with Gasteiger partial charge in [-0.05, 0) is 0 Å². The van der Waals surface area contributed by atoms with E-state index in [2.05, 4.69) is 51.2 Å². The Morgan fingerprint density at radius 1 is 0.947 bits per heavy atom. The molecule has 0 N–H and O–H groups in total. The van der Waals surface area contributed by atoms with E-state index in [1.807, 2.05) is 24.3 Å². The SMILES string of the molecule is C[C](C)=[Zr]=[Si](C)C.[C-]1=CC=CC1.[C-]1=CC=CC1.[Cl-].[Cl-]. The molecule has 0 amide bonds. The predicted molar refractivity (Wildman–Crippen MR) is 77.0 cm³/mol. The standard InChI is InChI=1S/2C5H5.C3H6.C2H6Si.2ClH.Zr/c2*1-2-4-5-3-1;2*1-3-2;;;/h2*1-3H,4H2;2*1-2H3;2*1H;/q2*-1;;;;;/p-2. The minimum atomic E-state index is 0. The molecule has 0 bridgehead atoms. The van der Waals surface area contributed by atoms with Crippen molar-refractivity contribution in [2.45, 2.75) is 39.8 Å². The van der Waals surface area contributed by atoms with E-state index in [-0.39, 0.29) is 51.6 Å². The van der Waals surface area contributed by atoms with Gasteiger partial charge in [0.15, 0.2) is 0 Å². The molecule has 0 saturated heterocycles. The monoisotopic (exact) mass is 390 g/mol. The second-order valence-corrected chi connectivity index (χ2v) is 18.1. The fourth-order valence-corrected chi connectivity index (χ4v) is 9.55. The first-order valence-electron chi connectivity index (χ1n) is 5.93. The number of hydrogen-bond acceptors (Lipinski definition) is 0. The molecule has 0 heterocycles. The Morgan fingerprint density at radius 3 is 1.42 bits per heavy atom. The molecule has 108 valence electrons. The predicted octanol–water partition coefficient (Wildman–Crippen LogP) is -1.85. The van der Waals surface area contributed by atoms with Crippen molar-refractivity contribution in [2.24, 2.45) is 0 Å². The van der Waals surface area contributed by atoms with Gasteiger partial charge in [0.25, 0.3) is 0 Å². The van der Waals surface area contributed by atoms with Crippen LogP contribution in [0.3, 0.4) is 0 Å². The Labute approximate surface area is 142 Å². The summed E-state index contributed by atoms with van der Waals surface area (Å²) in [7, 11) is 0. The summed E-state index contributed by atoms with van der Waals surface area (Å²) >= 11 is 0.0574. The van der Waals surface area contributed by atoms with Crippen molar-refractivity contribution >= 4 is 8.64 Å². The molecule has 0 fully saturated rings. The summed E-state index contributed by atoms with van der Waals surface area (Å²) < 4.78 is 1.75. The van der Waals surface area contributed by atoms with Crippen LogP contribution in [0.4, 0.5) is 0 Å². The van der Waals surface area contributed by atoms with Gasteiger partial charge in [0.2, 0.25) is 0 Å². The van der Waals surface area contributed by atoms with Crippen LogP contribution in [-0.4, -0.2) is 8.64 Å². The summed E-state index contributed by atoms with van der Waals surface area (Å²) in [6, 6.07) is 0. The molecule has 0 aromatic carbocycles. The molecule has 0 aromatic rings. The first kappa shape index (κ1) is 24.5. The van der Waals surface area contributed by atoms with Crippen LogP contribution in [-0.2, 0) is 21.4 Å². The number of halogens is 2. The maximum Gasteiger partial charge on any atom is -0.109 e. The minimum absolute atomic E-state index is 0.